The van der Waals surface area contributed by atoms with Gasteiger partial charge < -0.3 is 5.32 Å². The number of hydrogen-bond acceptors (Lipinski definition) is 6. The summed E-state index contributed by atoms with van der Waals surface area (Å²) in [7, 11) is 0. The van der Waals surface area contributed by atoms with E-state index in [1.54, 1.807) is 0 Å². The first-order valence-electron chi connectivity index (χ1n) is 10.9. The fourth-order valence-electron chi connectivity index (χ4n) is 4.65. The predicted molar refractivity (Wildman–Crippen MR) is 111 cm³/mol. The van der Waals surface area contributed by atoms with Gasteiger partial charge in [0.15, 0.2) is 11.6 Å². The maximum absolute atomic E-state index is 4.98. The van der Waals surface area contributed by atoms with Crippen LogP contribution in [0.2, 0.25) is 0 Å². The molecule has 1 atom stereocenters. The summed E-state index contributed by atoms with van der Waals surface area (Å²) in [6, 6.07) is 6.42. The SMILES string of the molecule is [CH]1CCN(N2CCC[C@@H]2c2nc(Nc3cc(C4CC4)[nH]n3)n3cccc3n2)CC1. The Morgan fingerprint density at radius 1 is 1.07 bits per heavy atom. The van der Waals surface area contributed by atoms with Crippen LogP contribution in [0.3, 0.4) is 0 Å². The predicted octanol–water partition coefficient (Wildman–Crippen LogP) is 3.43. The highest BCUT2D eigenvalue weighted by atomic mass is 15.6. The van der Waals surface area contributed by atoms with Crippen molar-refractivity contribution in [2.75, 3.05) is 25.0 Å². The van der Waals surface area contributed by atoms with Crippen LogP contribution >= 0.6 is 0 Å². The minimum atomic E-state index is 0.245. The van der Waals surface area contributed by atoms with Crippen LogP contribution < -0.4 is 5.32 Å². The fourth-order valence-corrected chi connectivity index (χ4v) is 4.65. The van der Waals surface area contributed by atoms with Crippen LogP contribution in [0.1, 0.15) is 62.0 Å². The molecule has 2 aliphatic heterocycles. The number of aromatic nitrogens is 5. The first-order chi connectivity index (χ1) is 14.3. The molecular weight excluding hydrogens is 364 g/mol. The summed E-state index contributed by atoms with van der Waals surface area (Å²) in [6.45, 7) is 3.30. The van der Waals surface area contributed by atoms with Crippen molar-refractivity contribution in [1.29, 1.82) is 0 Å². The summed E-state index contributed by atoms with van der Waals surface area (Å²) in [4.78, 5) is 9.89. The zero-order valence-corrected chi connectivity index (χ0v) is 16.6. The van der Waals surface area contributed by atoms with Crippen LogP contribution in [0.25, 0.3) is 5.65 Å². The molecular formula is C21H27N8. The summed E-state index contributed by atoms with van der Waals surface area (Å²) in [5.41, 5.74) is 2.14. The Hall–Kier alpha value is -2.45. The minimum absolute atomic E-state index is 0.245. The van der Waals surface area contributed by atoms with E-state index in [0.29, 0.717) is 5.92 Å². The Bertz CT molecular complexity index is 997. The van der Waals surface area contributed by atoms with E-state index in [1.165, 1.54) is 25.0 Å². The number of anilines is 2. The highest BCUT2D eigenvalue weighted by molar-refractivity contribution is 5.54. The van der Waals surface area contributed by atoms with E-state index < -0.39 is 0 Å². The van der Waals surface area contributed by atoms with Crippen molar-refractivity contribution >= 4 is 17.4 Å². The van der Waals surface area contributed by atoms with Gasteiger partial charge in [0.2, 0.25) is 5.95 Å². The van der Waals surface area contributed by atoms with Crippen LogP contribution in [0.15, 0.2) is 24.4 Å². The van der Waals surface area contributed by atoms with Gasteiger partial charge in [0.05, 0.1) is 6.04 Å². The second-order valence-corrected chi connectivity index (χ2v) is 8.39. The molecule has 8 heteroatoms. The Morgan fingerprint density at radius 2 is 1.97 bits per heavy atom. The molecule has 2 N–H and O–H groups in total. The minimum Gasteiger partial charge on any atom is -0.308 e. The smallest absolute Gasteiger partial charge is 0.216 e. The molecule has 2 saturated heterocycles. The maximum atomic E-state index is 4.98. The number of nitrogens with one attached hydrogen (secondary N) is 2. The molecule has 3 aliphatic rings. The highest BCUT2D eigenvalue weighted by Gasteiger charge is 2.34. The van der Waals surface area contributed by atoms with Gasteiger partial charge in [-0.05, 0) is 57.1 Å². The summed E-state index contributed by atoms with van der Waals surface area (Å²) in [5, 5.41) is 16.1. The van der Waals surface area contributed by atoms with E-state index in [4.69, 9.17) is 9.97 Å². The molecule has 29 heavy (non-hydrogen) atoms. The van der Waals surface area contributed by atoms with Gasteiger partial charge in [-0.1, -0.05) is 0 Å². The third-order valence-electron chi connectivity index (χ3n) is 6.33. The molecule has 1 radical (unpaired) electrons. The number of fused-ring (bicyclic) bond motifs is 1. The second kappa shape index (κ2) is 7.11. The molecule has 8 nitrogen and oxygen atoms in total. The highest BCUT2D eigenvalue weighted by Crippen LogP contribution is 2.40. The van der Waals surface area contributed by atoms with E-state index in [9.17, 15) is 0 Å². The van der Waals surface area contributed by atoms with Crippen molar-refractivity contribution in [3.8, 4) is 0 Å². The van der Waals surface area contributed by atoms with Gasteiger partial charge in [-0.25, -0.2) is 15.0 Å². The first kappa shape index (κ1) is 17.4. The lowest BCUT2D eigenvalue weighted by Gasteiger charge is -2.38. The van der Waals surface area contributed by atoms with Crippen LogP contribution in [-0.2, 0) is 0 Å². The molecule has 1 aliphatic carbocycles. The number of H-pyrrole nitrogens is 1. The van der Waals surface area contributed by atoms with E-state index in [2.05, 4.69) is 38.0 Å². The summed E-state index contributed by atoms with van der Waals surface area (Å²) >= 11 is 0. The normalized spacial score (nSPS) is 23.8. The lowest BCUT2D eigenvalue weighted by Crippen LogP contribution is -2.45. The largest absolute Gasteiger partial charge is 0.308 e. The molecule has 6 rings (SSSR count). The zero-order valence-electron chi connectivity index (χ0n) is 16.6. The quantitative estimate of drug-likeness (QED) is 0.694. The summed E-state index contributed by atoms with van der Waals surface area (Å²) in [5.74, 6) is 3.16. The number of rotatable bonds is 5. The molecule has 0 aromatic carbocycles. The van der Waals surface area contributed by atoms with Gasteiger partial charge in [0.25, 0.3) is 0 Å². The van der Waals surface area contributed by atoms with Gasteiger partial charge >= 0.3 is 0 Å². The second-order valence-electron chi connectivity index (χ2n) is 8.39. The lowest BCUT2D eigenvalue weighted by atomic mass is 10.1. The van der Waals surface area contributed by atoms with Crippen LogP contribution in [-0.4, -0.2) is 54.2 Å². The molecule has 3 aromatic rings. The Morgan fingerprint density at radius 3 is 2.83 bits per heavy atom. The molecule has 3 aromatic heterocycles. The van der Waals surface area contributed by atoms with Crippen LogP contribution in [0.4, 0.5) is 11.8 Å². The van der Waals surface area contributed by atoms with Crippen molar-refractivity contribution in [3.05, 3.63) is 42.3 Å². The Kier molecular flexibility index (Phi) is 4.27. The van der Waals surface area contributed by atoms with E-state index in [0.717, 1.165) is 62.1 Å². The number of nitrogens with zero attached hydrogens (tertiary/aromatic N) is 6. The number of piperidine rings is 1. The topological polar surface area (TPSA) is 77.4 Å². The van der Waals surface area contributed by atoms with Gasteiger partial charge in [-0.3, -0.25) is 9.50 Å². The van der Waals surface area contributed by atoms with Crippen molar-refractivity contribution < 1.29 is 0 Å². The third kappa shape index (κ3) is 3.30. The molecule has 0 spiro atoms. The molecule has 151 valence electrons. The van der Waals surface area contributed by atoms with E-state index >= 15 is 0 Å². The van der Waals surface area contributed by atoms with Gasteiger partial charge in [0, 0.05) is 43.5 Å². The molecule has 0 unspecified atom stereocenters. The molecule has 5 heterocycles. The van der Waals surface area contributed by atoms with Gasteiger partial charge in [0.1, 0.15) is 5.65 Å². The maximum Gasteiger partial charge on any atom is 0.216 e. The summed E-state index contributed by atoms with van der Waals surface area (Å²) < 4.78 is 2.00. The Labute approximate surface area is 170 Å². The average Bonchev–Trinajstić information content (AvgIpc) is 3.14. The number of hydrazine groups is 1. The molecule has 1 saturated carbocycles. The van der Waals surface area contributed by atoms with Gasteiger partial charge in [-0.15, -0.1) is 0 Å². The first-order valence-corrected chi connectivity index (χ1v) is 10.9. The Balaban J connectivity index is 1.32. The van der Waals surface area contributed by atoms with E-state index in [-0.39, 0.29) is 6.04 Å². The lowest BCUT2D eigenvalue weighted by molar-refractivity contribution is -0.0465. The fraction of sp³-hybridized carbons (Fsp3) is 0.524. The standard InChI is InChI=1S/C21H27N8/c1-2-10-27(11-3-1)29-13-4-6-17(29)20-23-19-7-5-12-28(19)21(24-20)22-18-14-16(25-26-18)15-8-9-15/h1,5,7,12,14-15,17H,2-4,6,8-11,13H2,(H2,22,23,24,25,26)/t17-/m1/s1. The van der Waals surface area contributed by atoms with E-state index in [1.807, 2.05) is 22.7 Å². The van der Waals surface area contributed by atoms with Crippen molar-refractivity contribution in [3.63, 3.8) is 0 Å². The molecule has 3 fully saturated rings. The monoisotopic (exact) mass is 391 g/mol. The average molecular weight is 392 g/mol. The molecule has 0 bridgehead atoms. The molecule has 0 amide bonds. The number of hydrogen-bond donors (Lipinski definition) is 2. The van der Waals surface area contributed by atoms with Crippen LogP contribution in [0.5, 0.6) is 0 Å². The number of aromatic amines is 1. The van der Waals surface area contributed by atoms with Gasteiger partial charge in [-0.2, -0.15) is 10.1 Å². The third-order valence-corrected chi connectivity index (χ3v) is 6.33. The van der Waals surface area contributed by atoms with Crippen molar-refractivity contribution in [2.45, 2.75) is 50.5 Å². The zero-order chi connectivity index (χ0) is 19.2. The van der Waals surface area contributed by atoms with Crippen molar-refractivity contribution in [2.24, 2.45) is 0 Å². The van der Waals surface area contributed by atoms with Crippen LogP contribution in [0, 0.1) is 6.42 Å². The van der Waals surface area contributed by atoms with Crippen molar-refractivity contribution in [1.82, 2.24) is 34.6 Å². The summed E-state index contributed by atoms with van der Waals surface area (Å²) in [6.07, 6.45) is 11.5.